The molecule has 0 radical (unpaired) electrons. The third-order valence-electron chi connectivity index (χ3n) is 4.33. The first-order valence-electron chi connectivity index (χ1n) is 7.93. The molecule has 1 N–H and O–H groups in total. The van der Waals surface area contributed by atoms with Gasteiger partial charge in [-0.05, 0) is 30.2 Å². The van der Waals surface area contributed by atoms with Crippen LogP contribution in [0, 0.1) is 0 Å². The van der Waals surface area contributed by atoms with E-state index in [9.17, 15) is 4.79 Å². The van der Waals surface area contributed by atoms with Crippen LogP contribution in [0.15, 0.2) is 45.8 Å². The number of hydrogen-bond acceptors (Lipinski definition) is 4. The molecule has 25 heavy (non-hydrogen) atoms. The van der Waals surface area contributed by atoms with E-state index >= 15 is 0 Å². The van der Waals surface area contributed by atoms with Crippen LogP contribution < -0.4 is 5.56 Å². The molecule has 0 saturated carbocycles. The normalized spacial score (nSPS) is 14.5. The van der Waals surface area contributed by atoms with Gasteiger partial charge in [-0.2, -0.15) is 0 Å². The van der Waals surface area contributed by atoms with Gasteiger partial charge < -0.3 is 9.40 Å². The maximum absolute atomic E-state index is 12.3. The van der Waals surface area contributed by atoms with Crippen LogP contribution in [0.2, 0.25) is 10.0 Å². The lowest BCUT2D eigenvalue weighted by Crippen LogP contribution is -2.35. The Hall–Kier alpha value is -2.08. The molecule has 4 rings (SSSR count). The van der Waals surface area contributed by atoms with Gasteiger partial charge in [0.1, 0.15) is 0 Å². The molecule has 0 fully saturated rings. The van der Waals surface area contributed by atoms with Gasteiger partial charge in [0, 0.05) is 25.2 Å². The smallest absolute Gasteiger partial charge is 0.254 e. The van der Waals surface area contributed by atoms with Gasteiger partial charge in [0.15, 0.2) is 11.6 Å². The van der Waals surface area contributed by atoms with Crippen molar-refractivity contribution < 1.29 is 4.42 Å². The molecule has 3 heterocycles. The van der Waals surface area contributed by atoms with Crippen molar-refractivity contribution in [1.29, 1.82) is 0 Å². The summed E-state index contributed by atoms with van der Waals surface area (Å²) in [6.45, 7) is 2.00. The highest BCUT2D eigenvalue weighted by Crippen LogP contribution is 2.28. The molecule has 0 saturated heterocycles. The van der Waals surface area contributed by atoms with Crippen molar-refractivity contribution >= 4 is 23.2 Å². The summed E-state index contributed by atoms with van der Waals surface area (Å²) in [5.41, 5.74) is 2.38. The van der Waals surface area contributed by atoms with Crippen LogP contribution in [0.1, 0.15) is 16.8 Å². The Morgan fingerprint density at radius 2 is 2.12 bits per heavy atom. The first kappa shape index (κ1) is 16.4. The molecular weight excluding hydrogens is 361 g/mol. The van der Waals surface area contributed by atoms with Gasteiger partial charge in [-0.3, -0.25) is 9.69 Å². The van der Waals surface area contributed by atoms with Crippen molar-refractivity contribution in [3.63, 3.8) is 0 Å². The lowest BCUT2D eigenvalue weighted by molar-refractivity contribution is 0.240. The van der Waals surface area contributed by atoms with Gasteiger partial charge in [0.05, 0.1) is 22.0 Å². The summed E-state index contributed by atoms with van der Waals surface area (Å²) in [6, 6.07) is 9.16. The van der Waals surface area contributed by atoms with E-state index < -0.39 is 0 Å². The number of H-pyrrole nitrogens is 1. The Labute approximate surface area is 154 Å². The zero-order valence-corrected chi connectivity index (χ0v) is 14.8. The molecular formula is C18H15Cl2N3O2. The van der Waals surface area contributed by atoms with Crippen molar-refractivity contribution in [2.45, 2.75) is 19.5 Å². The number of halogens is 2. The topological polar surface area (TPSA) is 62.1 Å². The monoisotopic (exact) mass is 375 g/mol. The summed E-state index contributed by atoms with van der Waals surface area (Å²) in [7, 11) is 0. The van der Waals surface area contributed by atoms with Crippen LogP contribution in [0.5, 0.6) is 0 Å². The first-order valence-corrected chi connectivity index (χ1v) is 8.68. The van der Waals surface area contributed by atoms with Crippen LogP contribution in [-0.4, -0.2) is 21.4 Å². The minimum absolute atomic E-state index is 0.100. The summed E-state index contributed by atoms with van der Waals surface area (Å²) in [5.74, 6) is 1.01. The van der Waals surface area contributed by atoms with E-state index in [0.717, 1.165) is 23.4 Å². The van der Waals surface area contributed by atoms with Crippen LogP contribution >= 0.6 is 23.2 Å². The second-order valence-corrected chi connectivity index (χ2v) is 6.78. The number of benzene rings is 1. The minimum atomic E-state index is -0.100. The highest BCUT2D eigenvalue weighted by atomic mass is 35.5. The molecule has 1 aliphatic heterocycles. The van der Waals surface area contributed by atoms with E-state index in [1.54, 1.807) is 24.5 Å². The molecule has 0 aliphatic carbocycles. The summed E-state index contributed by atoms with van der Waals surface area (Å²) >= 11 is 12.4. The zero-order chi connectivity index (χ0) is 17.4. The maximum Gasteiger partial charge on any atom is 0.254 e. The second kappa shape index (κ2) is 6.67. The lowest BCUT2D eigenvalue weighted by atomic mass is 10.1. The molecule has 128 valence electrons. The Kier molecular flexibility index (Phi) is 4.37. The number of fused-ring (bicyclic) bond motifs is 1. The Morgan fingerprint density at radius 3 is 2.92 bits per heavy atom. The molecule has 0 atom stereocenters. The van der Waals surface area contributed by atoms with E-state index in [-0.39, 0.29) is 5.56 Å². The molecule has 1 aromatic carbocycles. The number of aromatic amines is 1. The van der Waals surface area contributed by atoms with Gasteiger partial charge >= 0.3 is 0 Å². The highest BCUT2D eigenvalue weighted by Gasteiger charge is 2.22. The third kappa shape index (κ3) is 3.23. The quantitative estimate of drug-likeness (QED) is 0.753. The average Bonchev–Trinajstić information content (AvgIpc) is 3.13. The maximum atomic E-state index is 12.3. The Balaban J connectivity index is 1.62. The van der Waals surface area contributed by atoms with Crippen molar-refractivity contribution in [2.24, 2.45) is 0 Å². The number of hydrogen-bond donors (Lipinski definition) is 1. The van der Waals surface area contributed by atoms with Crippen LogP contribution in [0.3, 0.4) is 0 Å². The van der Waals surface area contributed by atoms with Crippen molar-refractivity contribution in [1.82, 2.24) is 14.9 Å². The first-order chi connectivity index (χ1) is 12.1. The number of rotatable bonds is 3. The summed E-state index contributed by atoms with van der Waals surface area (Å²) < 4.78 is 5.34. The van der Waals surface area contributed by atoms with Crippen molar-refractivity contribution in [2.75, 3.05) is 6.54 Å². The van der Waals surface area contributed by atoms with E-state index in [1.807, 2.05) is 12.1 Å². The fraction of sp³-hybridized carbons (Fsp3) is 0.222. The molecule has 7 heteroatoms. The average molecular weight is 376 g/mol. The van der Waals surface area contributed by atoms with Gasteiger partial charge in [0.25, 0.3) is 5.56 Å². The predicted octanol–water partition coefficient (Wildman–Crippen LogP) is 3.90. The third-order valence-corrected chi connectivity index (χ3v) is 5.19. The van der Waals surface area contributed by atoms with E-state index in [4.69, 9.17) is 27.6 Å². The lowest BCUT2D eigenvalue weighted by Gasteiger charge is -2.28. The van der Waals surface area contributed by atoms with E-state index in [2.05, 4.69) is 14.9 Å². The largest absolute Gasteiger partial charge is 0.461 e. The molecule has 0 spiro atoms. The van der Waals surface area contributed by atoms with Crippen molar-refractivity contribution in [3.8, 4) is 11.6 Å². The standard InChI is InChI=1S/C18H15Cl2N3O2/c19-13-4-1-3-11(16(13)20)9-23-7-6-12-14(10-23)21-17(22-18(12)24)15-5-2-8-25-15/h1-5,8H,6-7,9-10H2,(H,21,22,24). The second-order valence-electron chi connectivity index (χ2n) is 5.99. The molecule has 0 amide bonds. The van der Waals surface area contributed by atoms with Crippen LogP contribution in [-0.2, 0) is 19.5 Å². The SMILES string of the molecule is O=c1[nH]c(-c2ccco2)nc2c1CCN(Cc1cccc(Cl)c1Cl)C2. The van der Waals surface area contributed by atoms with Crippen molar-refractivity contribution in [3.05, 3.63) is 73.8 Å². The number of nitrogens with one attached hydrogen (secondary N) is 1. The minimum Gasteiger partial charge on any atom is -0.461 e. The Morgan fingerprint density at radius 1 is 1.24 bits per heavy atom. The molecule has 5 nitrogen and oxygen atoms in total. The zero-order valence-electron chi connectivity index (χ0n) is 13.3. The summed E-state index contributed by atoms with van der Waals surface area (Å²) in [4.78, 5) is 22.0. The number of furan rings is 1. The predicted molar refractivity (Wildman–Crippen MR) is 96.8 cm³/mol. The van der Waals surface area contributed by atoms with Crippen LogP contribution in [0.4, 0.5) is 0 Å². The van der Waals surface area contributed by atoms with Gasteiger partial charge in [-0.15, -0.1) is 0 Å². The van der Waals surface area contributed by atoms with Gasteiger partial charge in [-0.1, -0.05) is 35.3 Å². The fourth-order valence-corrected chi connectivity index (χ4v) is 3.45. The summed E-state index contributed by atoms with van der Waals surface area (Å²) in [5, 5.41) is 1.12. The Bertz CT molecular complexity index is 967. The summed E-state index contributed by atoms with van der Waals surface area (Å²) in [6.07, 6.45) is 2.20. The van der Waals surface area contributed by atoms with E-state index in [1.165, 1.54) is 0 Å². The number of nitrogens with zero attached hydrogens (tertiary/aromatic N) is 2. The van der Waals surface area contributed by atoms with Crippen LogP contribution in [0.25, 0.3) is 11.6 Å². The number of aromatic nitrogens is 2. The molecule has 0 bridgehead atoms. The van der Waals surface area contributed by atoms with Gasteiger partial charge in [-0.25, -0.2) is 4.98 Å². The highest BCUT2D eigenvalue weighted by molar-refractivity contribution is 6.42. The molecule has 3 aromatic rings. The fourth-order valence-electron chi connectivity index (χ4n) is 3.07. The molecule has 2 aromatic heterocycles. The van der Waals surface area contributed by atoms with Gasteiger partial charge in [0.2, 0.25) is 0 Å². The van der Waals surface area contributed by atoms with E-state index in [0.29, 0.717) is 41.1 Å². The molecule has 0 unspecified atom stereocenters. The molecule has 1 aliphatic rings.